The van der Waals surface area contributed by atoms with Gasteiger partial charge in [-0.2, -0.15) is 0 Å². The van der Waals surface area contributed by atoms with E-state index in [4.69, 9.17) is 9.73 Å². The van der Waals surface area contributed by atoms with Crippen molar-refractivity contribution in [1.29, 1.82) is 0 Å². The lowest BCUT2D eigenvalue weighted by molar-refractivity contribution is 0.411. The number of fused-ring (bicyclic) bond motifs is 9. The van der Waals surface area contributed by atoms with Gasteiger partial charge in [-0.15, -0.1) is 11.3 Å². The van der Waals surface area contributed by atoms with Gasteiger partial charge in [-0.05, 0) is 77.2 Å². The fourth-order valence-electron chi connectivity index (χ4n) is 9.16. The standard InChI is InChI=1S/C51H36N4OS/c1-3-12-31(13-4-1)49-52-50(32-14-5-2-6-15-32)54-51(53-49)40-18-11-21-46-48(40)39-26-23-34(29-47(39)57-46)33-22-25-38-41-30-35(24-27-44(41)56-45(38)28-33)55-42-19-9-7-16-36(42)37-17-8-10-20-43(37)55/h1-24,26-30,38,49,51,53H,25H2,(H,52,54). The summed E-state index contributed by atoms with van der Waals surface area (Å²) in [7, 11) is 0. The third-order valence-electron chi connectivity index (χ3n) is 11.8. The van der Waals surface area contributed by atoms with Crippen LogP contribution < -0.4 is 15.4 Å². The SMILES string of the molecule is C1=C(c2ccc3c(c2)sc2cccc(C4NC(c5ccccc5)=NC(c5ccccc5)N4)c23)C=C2Oc3ccc(-n4c5ccccc5c5ccccc54)cc3C2C1. The summed E-state index contributed by atoms with van der Waals surface area (Å²) in [6, 6.07) is 58.6. The van der Waals surface area contributed by atoms with Gasteiger partial charge in [0, 0.05) is 53.7 Å². The average Bonchev–Trinajstić information content (AvgIpc) is 3.95. The highest BCUT2D eigenvalue weighted by molar-refractivity contribution is 7.25. The van der Waals surface area contributed by atoms with Crippen molar-refractivity contribution < 1.29 is 4.74 Å². The van der Waals surface area contributed by atoms with Crippen LogP contribution in [0.15, 0.2) is 187 Å². The van der Waals surface area contributed by atoms with Crippen LogP contribution in [0.4, 0.5) is 0 Å². The molecule has 0 fully saturated rings. The molecule has 2 N–H and O–H groups in total. The van der Waals surface area contributed by atoms with Gasteiger partial charge in [-0.3, -0.25) is 5.32 Å². The molecule has 3 unspecified atom stereocenters. The molecule has 2 aliphatic heterocycles. The van der Waals surface area contributed by atoms with Crippen molar-refractivity contribution in [3.63, 3.8) is 0 Å². The Kier molecular flexibility index (Phi) is 7.37. The van der Waals surface area contributed by atoms with E-state index in [2.05, 4.69) is 185 Å². The lowest BCUT2D eigenvalue weighted by atomic mass is 9.87. The molecule has 9 aromatic rings. The number of allylic oxidation sites excluding steroid dienone is 4. The molecule has 5 nitrogen and oxygen atoms in total. The van der Waals surface area contributed by atoms with Gasteiger partial charge in [0.05, 0.1) is 11.0 Å². The molecule has 0 amide bonds. The number of hydrogen-bond donors (Lipinski definition) is 2. The lowest BCUT2D eigenvalue weighted by Crippen LogP contribution is -2.45. The van der Waals surface area contributed by atoms with E-state index in [0.717, 1.165) is 40.6 Å². The normalized spacial score (nSPS) is 18.8. The Morgan fingerprint density at radius 1 is 0.632 bits per heavy atom. The number of amidine groups is 1. The summed E-state index contributed by atoms with van der Waals surface area (Å²) in [5.74, 6) is 3.07. The predicted octanol–water partition coefficient (Wildman–Crippen LogP) is 12.3. The highest BCUT2D eigenvalue weighted by atomic mass is 32.1. The third-order valence-corrected chi connectivity index (χ3v) is 13.0. The van der Waals surface area contributed by atoms with Crippen LogP contribution in [0.5, 0.6) is 5.75 Å². The number of para-hydroxylation sites is 2. The van der Waals surface area contributed by atoms with Gasteiger partial charge in [0.1, 0.15) is 29.7 Å². The molecule has 57 heavy (non-hydrogen) atoms. The summed E-state index contributed by atoms with van der Waals surface area (Å²) in [5.41, 5.74) is 10.7. The molecule has 0 saturated carbocycles. The Morgan fingerprint density at radius 3 is 2.19 bits per heavy atom. The van der Waals surface area contributed by atoms with E-state index in [1.165, 1.54) is 64.2 Å². The maximum absolute atomic E-state index is 6.60. The Balaban J connectivity index is 0.870. The van der Waals surface area contributed by atoms with Gasteiger partial charge in [0.25, 0.3) is 0 Å². The minimum absolute atomic E-state index is 0.136. The summed E-state index contributed by atoms with van der Waals surface area (Å²) >= 11 is 1.86. The van der Waals surface area contributed by atoms with Crippen molar-refractivity contribution in [3.8, 4) is 11.4 Å². The molecule has 6 heteroatoms. The number of aliphatic imine (C=N–C) groups is 1. The van der Waals surface area contributed by atoms with Gasteiger partial charge >= 0.3 is 0 Å². The molecule has 7 aromatic carbocycles. The van der Waals surface area contributed by atoms with Crippen LogP contribution in [-0.4, -0.2) is 10.4 Å². The van der Waals surface area contributed by atoms with E-state index >= 15 is 0 Å². The van der Waals surface area contributed by atoms with Gasteiger partial charge in [-0.1, -0.05) is 127 Å². The molecule has 12 rings (SSSR count). The summed E-state index contributed by atoms with van der Waals surface area (Å²) in [4.78, 5) is 5.14. The van der Waals surface area contributed by atoms with Crippen LogP contribution in [0.3, 0.4) is 0 Å². The first-order valence-corrected chi connectivity index (χ1v) is 20.4. The first-order valence-electron chi connectivity index (χ1n) is 19.6. The van der Waals surface area contributed by atoms with E-state index in [0.29, 0.717) is 0 Å². The first-order chi connectivity index (χ1) is 28.2. The molecule has 0 spiro atoms. The smallest absolute Gasteiger partial charge is 0.131 e. The molecule has 4 heterocycles. The van der Waals surface area contributed by atoms with E-state index in [1.54, 1.807) is 0 Å². The molecule has 0 radical (unpaired) electrons. The van der Waals surface area contributed by atoms with Crippen molar-refractivity contribution in [2.45, 2.75) is 24.7 Å². The topological polar surface area (TPSA) is 50.6 Å². The van der Waals surface area contributed by atoms with Crippen molar-refractivity contribution >= 4 is 64.7 Å². The average molecular weight is 753 g/mol. The Hall–Kier alpha value is -6.73. The Bertz CT molecular complexity index is 3100. The minimum atomic E-state index is -0.182. The first kappa shape index (κ1) is 32.5. The van der Waals surface area contributed by atoms with Gasteiger partial charge in [0.15, 0.2) is 0 Å². The van der Waals surface area contributed by atoms with Crippen LogP contribution in [0.25, 0.3) is 53.2 Å². The van der Waals surface area contributed by atoms with Crippen LogP contribution >= 0.6 is 11.3 Å². The minimum Gasteiger partial charge on any atom is -0.461 e. The van der Waals surface area contributed by atoms with Crippen molar-refractivity contribution in [2.24, 2.45) is 4.99 Å². The molecule has 272 valence electrons. The molecule has 3 aliphatic rings. The Labute approximate surface area is 333 Å². The fourth-order valence-corrected chi connectivity index (χ4v) is 10.3. The zero-order valence-corrected chi connectivity index (χ0v) is 31.7. The summed E-state index contributed by atoms with van der Waals surface area (Å²) in [5, 5.41) is 12.7. The monoisotopic (exact) mass is 752 g/mol. The van der Waals surface area contributed by atoms with Crippen molar-refractivity contribution in [3.05, 3.63) is 210 Å². The van der Waals surface area contributed by atoms with Crippen LogP contribution in [0, 0.1) is 0 Å². The summed E-state index contributed by atoms with van der Waals surface area (Å²) in [6.07, 6.45) is 5.23. The number of aromatic nitrogens is 1. The van der Waals surface area contributed by atoms with E-state index in [1.807, 2.05) is 17.4 Å². The maximum Gasteiger partial charge on any atom is 0.131 e. The number of nitrogens with zero attached hydrogens (tertiary/aromatic N) is 2. The van der Waals surface area contributed by atoms with Crippen LogP contribution in [-0.2, 0) is 0 Å². The molecule has 3 atom stereocenters. The highest BCUT2D eigenvalue weighted by Gasteiger charge is 2.33. The second-order valence-corrected chi connectivity index (χ2v) is 16.2. The van der Waals surface area contributed by atoms with Crippen molar-refractivity contribution in [2.75, 3.05) is 0 Å². The lowest BCUT2D eigenvalue weighted by Gasteiger charge is -2.32. The van der Waals surface area contributed by atoms with Gasteiger partial charge in [0.2, 0.25) is 0 Å². The molecule has 1 aliphatic carbocycles. The third kappa shape index (κ3) is 5.29. The number of thiophene rings is 1. The number of rotatable bonds is 5. The zero-order valence-electron chi connectivity index (χ0n) is 30.9. The second kappa shape index (κ2) is 12.9. The Morgan fingerprint density at radius 2 is 1.39 bits per heavy atom. The summed E-state index contributed by atoms with van der Waals surface area (Å²) in [6.45, 7) is 0. The predicted molar refractivity (Wildman–Crippen MR) is 235 cm³/mol. The molecule has 2 aromatic heterocycles. The highest BCUT2D eigenvalue weighted by Crippen LogP contribution is 2.48. The van der Waals surface area contributed by atoms with Crippen LogP contribution in [0.2, 0.25) is 0 Å². The number of benzene rings is 7. The number of ether oxygens (including phenoxy) is 1. The molecule has 0 bridgehead atoms. The number of nitrogens with one attached hydrogen (secondary N) is 2. The summed E-state index contributed by atoms with van der Waals surface area (Å²) < 4.78 is 11.5. The number of hydrogen-bond acceptors (Lipinski definition) is 5. The molecule has 0 saturated heterocycles. The fraction of sp³-hybridized carbons (Fsp3) is 0.0784. The zero-order chi connectivity index (χ0) is 37.5. The largest absolute Gasteiger partial charge is 0.461 e. The van der Waals surface area contributed by atoms with Gasteiger partial charge < -0.3 is 14.6 Å². The molecular weight excluding hydrogens is 717 g/mol. The van der Waals surface area contributed by atoms with E-state index in [9.17, 15) is 0 Å². The molecular formula is C51H36N4OS. The van der Waals surface area contributed by atoms with E-state index in [-0.39, 0.29) is 18.2 Å². The second-order valence-electron chi connectivity index (χ2n) is 15.1. The van der Waals surface area contributed by atoms with Gasteiger partial charge in [-0.25, -0.2) is 4.99 Å². The quantitative estimate of drug-likeness (QED) is 0.184. The van der Waals surface area contributed by atoms with Crippen LogP contribution in [0.1, 0.15) is 52.5 Å². The van der Waals surface area contributed by atoms with Crippen molar-refractivity contribution in [1.82, 2.24) is 15.2 Å². The van der Waals surface area contributed by atoms with E-state index < -0.39 is 0 Å². The maximum atomic E-state index is 6.60.